The highest BCUT2D eigenvalue weighted by Crippen LogP contribution is 2.46. The first-order chi connectivity index (χ1) is 33.0. The largest absolute Gasteiger partial charge is 0.497 e. The van der Waals surface area contributed by atoms with Gasteiger partial charge in [0.1, 0.15) is 28.1 Å². The highest BCUT2D eigenvalue weighted by molar-refractivity contribution is 7.87. The van der Waals surface area contributed by atoms with Crippen LogP contribution in [0.2, 0.25) is 0 Å². The number of nitrogens with one attached hydrogen (secondary N) is 1. The molecule has 0 unspecified atom stereocenters. The van der Waals surface area contributed by atoms with Gasteiger partial charge in [0.2, 0.25) is 5.88 Å². The van der Waals surface area contributed by atoms with Crippen LogP contribution < -0.4 is 24.7 Å². The first-order valence-electron chi connectivity index (χ1n) is 22.4. The Morgan fingerprint density at radius 3 is 1.77 bits per heavy atom. The van der Waals surface area contributed by atoms with E-state index in [0.29, 0.717) is 39.3 Å². The molecule has 4 aromatic carbocycles. The van der Waals surface area contributed by atoms with Gasteiger partial charge < -0.3 is 37.9 Å². The summed E-state index contributed by atoms with van der Waals surface area (Å²) in [6, 6.07) is 27.3. The van der Waals surface area contributed by atoms with E-state index in [2.05, 4.69) is 4.98 Å². The summed E-state index contributed by atoms with van der Waals surface area (Å²) in [7, 11) is -0.444. The van der Waals surface area contributed by atoms with Gasteiger partial charge in [0.05, 0.1) is 27.4 Å². The van der Waals surface area contributed by atoms with Crippen LogP contribution in [-0.2, 0) is 44.3 Å². The lowest BCUT2D eigenvalue weighted by atomic mass is 9.79. The van der Waals surface area contributed by atoms with E-state index >= 15 is 0 Å². The molecule has 70 heavy (non-hydrogen) atoms. The number of amides is 1. The highest BCUT2D eigenvalue weighted by Gasteiger charge is 2.61. The molecule has 0 spiro atoms. The lowest BCUT2D eigenvalue weighted by Crippen LogP contribution is -2.58. The lowest BCUT2D eigenvalue weighted by molar-refractivity contribution is -0.186. The van der Waals surface area contributed by atoms with E-state index in [1.54, 1.807) is 78.9 Å². The predicted octanol–water partition coefficient (Wildman–Crippen LogP) is 8.30. The SMILES string of the molecule is COc1ccc(C(OC[C@@]2(CNC(=O)C(F)(F)F)O[C@@H](n3ccc(OS(=O)(=O)c4c(C(C)C)cc(C(C)C)cc4C(C)C)nc3=O)[C@H](OC)[C@@H]2OC(C)=O)(c2ccccc2)c2ccc(OC)cc2)cc1. The molecule has 4 atom stereocenters. The van der Waals surface area contributed by atoms with E-state index in [9.17, 15) is 36.0 Å². The molecule has 1 aromatic heterocycles. The summed E-state index contributed by atoms with van der Waals surface area (Å²) < 4.78 is 113. The molecular formula is C51H58F3N3O12S. The van der Waals surface area contributed by atoms with Gasteiger partial charge in [-0.05, 0) is 75.4 Å². The number of esters is 1. The second-order valence-electron chi connectivity index (χ2n) is 17.8. The van der Waals surface area contributed by atoms with Gasteiger partial charge in [0.25, 0.3) is 0 Å². The molecule has 1 amide bonds. The number of carbonyl (C=O) groups excluding carboxylic acids is 2. The molecule has 1 aliphatic heterocycles. The summed E-state index contributed by atoms with van der Waals surface area (Å²) in [5, 5.41) is 1.87. The van der Waals surface area contributed by atoms with Crippen molar-refractivity contribution < 1.29 is 63.8 Å². The molecule has 376 valence electrons. The fourth-order valence-electron chi connectivity index (χ4n) is 8.55. The van der Waals surface area contributed by atoms with Crippen molar-refractivity contribution in [2.45, 2.75) is 107 Å². The molecule has 5 aromatic rings. The molecule has 0 bridgehead atoms. The quantitative estimate of drug-likeness (QED) is 0.0475. The lowest BCUT2D eigenvalue weighted by Gasteiger charge is -2.41. The van der Waals surface area contributed by atoms with Crippen LogP contribution in [0, 0.1) is 0 Å². The smallest absolute Gasteiger partial charge is 0.471 e. The fourth-order valence-corrected chi connectivity index (χ4v) is 10.1. The Labute approximate surface area is 405 Å². The van der Waals surface area contributed by atoms with Gasteiger partial charge >= 0.3 is 33.9 Å². The zero-order chi connectivity index (χ0) is 51.3. The van der Waals surface area contributed by atoms with Crippen molar-refractivity contribution in [1.29, 1.82) is 0 Å². The summed E-state index contributed by atoms with van der Waals surface area (Å²) in [4.78, 5) is 43.7. The normalized spacial score (nSPS) is 18.5. The summed E-state index contributed by atoms with van der Waals surface area (Å²) >= 11 is 0. The van der Waals surface area contributed by atoms with Gasteiger partial charge in [0.15, 0.2) is 17.9 Å². The number of methoxy groups -OCH3 is 3. The fraction of sp³-hybridized carbons (Fsp3) is 0.412. The Morgan fingerprint density at radius 1 is 0.800 bits per heavy atom. The topological polar surface area (TPSA) is 180 Å². The van der Waals surface area contributed by atoms with Crippen LogP contribution in [0.15, 0.2) is 113 Å². The van der Waals surface area contributed by atoms with E-state index in [4.69, 9.17) is 32.6 Å². The van der Waals surface area contributed by atoms with E-state index in [-0.39, 0.29) is 22.6 Å². The van der Waals surface area contributed by atoms with Crippen LogP contribution in [-0.4, -0.2) is 88.3 Å². The van der Waals surface area contributed by atoms with Gasteiger partial charge in [-0.25, -0.2) is 4.79 Å². The number of halogens is 3. The second-order valence-corrected chi connectivity index (χ2v) is 19.2. The van der Waals surface area contributed by atoms with Crippen molar-refractivity contribution in [1.82, 2.24) is 14.9 Å². The maximum atomic E-state index is 14.2. The third kappa shape index (κ3) is 11.0. The van der Waals surface area contributed by atoms with Crippen LogP contribution in [0.4, 0.5) is 13.2 Å². The van der Waals surface area contributed by atoms with Crippen LogP contribution in [0.25, 0.3) is 0 Å². The highest BCUT2D eigenvalue weighted by atomic mass is 32.2. The van der Waals surface area contributed by atoms with Crippen LogP contribution in [0.1, 0.15) is 106 Å². The molecule has 1 aliphatic rings. The predicted molar refractivity (Wildman–Crippen MR) is 252 cm³/mol. The van der Waals surface area contributed by atoms with Crippen LogP contribution in [0.3, 0.4) is 0 Å². The van der Waals surface area contributed by atoms with Gasteiger partial charge in [-0.3, -0.25) is 14.2 Å². The Morgan fingerprint density at radius 2 is 1.33 bits per heavy atom. The first kappa shape index (κ1) is 53.1. The van der Waals surface area contributed by atoms with Gasteiger partial charge in [-0.1, -0.05) is 108 Å². The van der Waals surface area contributed by atoms with E-state index in [1.165, 1.54) is 21.3 Å². The van der Waals surface area contributed by atoms with Gasteiger partial charge in [-0.2, -0.15) is 26.6 Å². The van der Waals surface area contributed by atoms with Crippen molar-refractivity contribution in [2.75, 3.05) is 34.5 Å². The van der Waals surface area contributed by atoms with Crippen LogP contribution in [0.5, 0.6) is 17.4 Å². The maximum Gasteiger partial charge on any atom is 0.471 e. The molecule has 1 saturated heterocycles. The number of rotatable bonds is 19. The summed E-state index contributed by atoms with van der Waals surface area (Å²) in [6.07, 6.45) is -9.13. The number of ether oxygens (including phenoxy) is 6. The van der Waals surface area contributed by atoms with Crippen molar-refractivity contribution in [3.8, 4) is 17.4 Å². The van der Waals surface area contributed by atoms with Crippen molar-refractivity contribution in [3.05, 3.63) is 147 Å². The maximum absolute atomic E-state index is 14.2. The number of benzene rings is 4. The molecule has 0 saturated carbocycles. The summed E-state index contributed by atoms with van der Waals surface area (Å²) in [5.74, 6) is -3.26. The molecule has 19 heteroatoms. The third-order valence-corrected chi connectivity index (χ3v) is 13.5. The molecule has 15 nitrogen and oxygen atoms in total. The average molecular weight is 994 g/mol. The Balaban J connectivity index is 1.49. The summed E-state index contributed by atoms with van der Waals surface area (Å²) in [6.45, 7) is 10.7. The third-order valence-electron chi connectivity index (χ3n) is 12.1. The standard InChI is InChI=1S/C51H58F3N3O12S/c1-30(2)34-26-40(31(3)4)44(41(27-34)32(5)6)70(61,62)69-42-24-25-57(48(60)56-42)46-43(65-10)45(67-33(7)58)49(68-46,28-55-47(59)51(52,53)54)29-66-50(35-14-12-11-13-15-35,36-16-20-38(63-8)21-17-36)37-18-22-39(64-9)23-19-37/h11-27,30-32,43,45-46H,28-29H2,1-10H3,(H,55,59)/t43-,45+,46-,49-/m1/s1. The monoisotopic (exact) mass is 993 g/mol. The second kappa shape index (κ2) is 21.4. The van der Waals surface area contributed by atoms with Crippen molar-refractivity contribution in [3.63, 3.8) is 0 Å². The molecule has 0 radical (unpaired) electrons. The minimum absolute atomic E-state index is 0.0442. The zero-order valence-electron chi connectivity index (χ0n) is 40.5. The Bertz CT molecular complexity index is 2730. The van der Waals surface area contributed by atoms with Crippen LogP contribution >= 0.6 is 0 Å². The Hall–Kier alpha value is -6.28. The number of hydrogen-bond donors (Lipinski definition) is 1. The zero-order valence-corrected chi connectivity index (χ0v) is 41.3. The minimum Gasteiger partial charge on any atom is -0.497 e. The molecular weight excluding hydrogens is 936 g/mol. The summed E-state index contributed by atoms with van der Waals surface area (Å²) in [5.41, 5.74) is -1.53. The van der Waals surface area contributed by atoms with E-state index in [1.807, 2.05) is 59.0 Å². The average Bonchev–Trinajstić information content (AvgIpc) is 3.62. The number of nitrogens with zero attached hydrogens (tertiary/aromatic N) is 2. The minimum atomic E-state index is -5.36. The van der Waals surface area contributed by atoms with Gasteiger partial charge in [-0.15, -0.1) is 0 Å². The molecule has 2 heterocycles. The van der Waals surface area contributed by atoms with Crippen molar-refractivity contribution >= 4 is 22.0 Å². The molecule has 1 fully saturated rings. The molecule has 0 aliphatic carbocycles. The molecule has 6 rings (SSSR count). The number of aromatic nitrogens is 2. The van der Waals surface area contributed by atoms with E-state index in [0.717, 1.165) is 29.3 Å². The van der Waals surface area contributed by atoms with E-state index < -0.39 is 82.5 Å². The first-order valence-corrected chi connectivity index (χ1v) is 23.9. The number of alkyl halides is 3. The number of carbonyl (C=O) groups is 2. The van der Waals surface area contributed by atoms with Crippen molar-refractivity contribution in [2.24, 2.45) is 0 Å². The Kier molecular flexibility index (Phi) is 16.2. The molecule has 1 N–H and O–H groups in total. The number of hydrogen-bond acceptors (Lipinski definition) is 13. The van der Waals surface area contributed by atoms with Gasteiger partial charge in [0, 0.05) is 26.3 Å².